The molecule has 7 unspecified atom stereocenters. The summed E-state index contributed by atoms with van der Waals surface area (Å²) < 4.78 is 0. The average Bonchev–Trinajstić information content (AvgIpc) is 3.63. The third-order valence-corrected chi connectivity index (χ3v) is 8.50. The van der Waals surface area contributed by atoms with Crippen molar-refractivity contribution < 1.29 is 72.9 Å². The largest absolute Gasteiger partial charge is 0.480 e. The van der Waals surface area contributed by atoms with Crippen molar-refractivity contribution in [3.8, 4) is 0 Å². The Kier molecular flexibility index (Phi) is 22.8. The van der Waals surface area contributed by atoms with Gasteiger partial charge in [-0.25, -0.2) is 4.79 Å². The monoisotopic (exact) mass is 858 g/mol. The molecule has 0 aromatic rings. The van der Waals surface area contributed by atoms with Crippen LogP contribution in [0.1, 0.15) is 58.3 Å². The van der Waals surface area contributed by atoms with E-state index in [9.17, 15) is 67.7 Å². The minimum absolute atomic E-state index is 0.0181. The van der Waals surface area contributed by atoms with Gasteiger partial charge in [0.25, 0.3) is 0 Å². The fraction of sp³-hybridized carbons (Fsp3) is 0.636. The summed E-state index contributed by atoms with van der Waals surface area (Å²) >= 11 is 0. The summed E-state index contributed by atoms with van der Waals surface area (Å²) in [5, 5.41) is 48.7. The number of amides is 11. The lowest BCUT2D eigenvalue weighted by molar-refractivity contribution is -0.144. The van der Waals surface area contributed by atoms with Gasteiger partial charge in [-0.15, -0.1) is 0 Å². The maximum Gasteiger partial charge on any atom is 0.326 e. The second-order valence-corrected chi connectivity index (χ2v) is 13.4. The highest BCUT2D eigenvalue weighted by molar-refractivity contribution is 5.98. The molecular formula is C33H54N12O15. The Morgan fingerprint density at radius 2 is 1.20 bits per heavy atom. The molecule has 0 spiro atoms. The Hall–Kier alpha value is -6.48. The fourth-order valence-electron chi connectivity index (χ4n) is 5.19. The lowest BCUT2D eigenvalue weighted by Crippen LogP contribution is -2.59. The fourth-order valence-corrected chi connectivity index (χ4v) is 5.19. The molecule has 0 saturated carbocycles. The summed E-state index contributed by atoms with van der Waals surface area (Å²) in [5.74, 6) is -11.6. The standard InChI is InChI=1S/C33H54N12O15/c1-15(39-29(55)18-6-8-24(50)40-18)27(53)42-16(4-2-3-9-34)30(56)45-21(14-47)32(58)43-17(5-7-22(35)48)28(54)38-11-25(51)37-12-26(52)41-20(13-46)31(57)44-19(33(59)60)10-23(36)49/h15-21,46-47H,2-14,34H2,1H3,(H2,35,48)(H2,36,49)(H,37,51)(H,38,54)(H,39,55)(H,40,50)(H,41,52)(H,42,53)(H,43,58)(H,44,57)(H,45,56)(H,59,60). The SMILES string of the molecule is CC(NC(=O)C1CCC(=O)N1)C(=O)NC(CCCCN)C(=O)NC(CO)C(=O)NC(CCC(N)=O)C(=O)NCC(=O)NCC(=O)NC(CO)C(=O)NC(CC(N)=O)C(=O)O. The number of rotatable bonds is 28. The number of carbonyl (C=O) groups is 12. The molecule has 18 N–H and O–H groups in total. The van der Waals surface area contributed by atoms with Crippen LogP contribution in [-0.4, -0.2) is 161 Å². The summed E-state index contributed by atoms with van der Waals surface area (Å²) in [6, 6.07) is -10.0. The zero-order chi connectivity index (χ0) is 45.5. The van der Waals surface area contributed by atoms with Gasteiger partial charge in [0.15, 0.2) is 0 Å². The summed E-state index contributed by atoms with van der Waals surface area (Å²) in [5.41, 5.74) is 15.7. The number of carboxylic acid groups (broad SMARTS) is 1. The van der Waals surface area contributed by atoms with Crippen molar-refractivity contribution >= 4 is 70.9 Å². The van der Waals surface area contributed by atoms with E-state index in [2.05, 4.69) is 37.2 Å². The first-order valence-electron chi connectivity index (χ1n) is 18.6. The first-order valence-corrected chi connectivity index (χ1v) is 18.6. The highest BCUT2D eigenvalue weighted by Gasteiger charge is 2.33. The van der Waals surface area contributed by atoms with E-state index in [1.165, 1.54) is 6.92 Å². The number of unbranched alkanes of at least 4 members (excludes halogenated alkanes) is 1. The van der Waals surface area contributed by atoms with Gasteiger partial charge in [-0.1, -0.05) is 0 Å². The second kappa shape index (κ2) is 26.5. The second-order valence-electron chi connectivity index (χ2n) is 13.4. The summed E-state index contributed by atoms with van der Waals surface area (Å²) in [6.45, 7) is -2.06. The van der Waals surface area contributed by atoms with Crippen molar-refractivity contribution in [3.05, 3.63) is 0 Å². The molecule has 0 radical (unpaired) electrons. The quantitative estimate of drug-likeness (QED) is 0.0325. The van der Waals surface area contributed by atoms with Crippen LogP contribution < -0.4 is 65.1 Å². The molecule has 7 atom stereocenters. The number of primary amides is 2. The number of aliphatic hydroxyl groups is 2. The highest BCUT2D eigenvalue weighted by Crippen LogP contribution is 2.08. The van der Waals surface area contributed by atoms with Gasteiger partial charge in [0.1, 0.15) is 42.3 Å². The van der Waals surface area contributed by atoms with Crippen molar-refractivity contribution in [2.45, 2.75) is 101 Å². The summed E-state index contributed by atoms with van der Waals surface area (Å²) in [7, 11) is 0. The van der Waals surface area contributed by atoms with Gasteiger partial charge < -0.3 is 80.4 Å². The molecule has 11 amide bonds. The van der Waals surface area contributed by atoms with E-state index >= 15 is 0 Å². The Balaban J connectivity index is 2.86. The first kappa shape index (κ1) is 51.5. The highest BCUT2D eigenvalue weighted by atomic mass is 16.4. The number of hydrogen-bond acceptors (Lipinski definition) is 15. The molecular weight excluding hydrogens is 804 g/mol. The molecule has 1 aliphatic heterocycles. The van der Waals surface area contributed by atoms with E-state index in [4.69, 9.17) is 22.3 Å². The van der Waals surface area contributed by atoms with Crippen LogP contribution >= 0.6 is 0 Å². The lowest BCUT2D eigenvalue weighted by atomic mass is 10.1. The van der Waals surface area contributed by atoms with E-state index in [0.717, 1.165) is 0 Å². The predicted octanol–water partition coefficient (Wildman–Crippen LogP) is -9.23. The Morgan fingerprint density at radius 3 is 1.73 bits per heavy atom. The van der Waals surface area contributed by atoms with Crippen LogP contribution in [0, 0.1) is 0 Å². The maximum absolute atomic E-state index is 13.3. The lowest BCUT2D eigenvalue weighted by Gasteiger charge is -2.25. The van der Waals surface area contributed by atoms with Gasteiger partial charge in [0.05, 0.1) is 32.7 Å². The minimum Gasteiger partial charge on any atom is -0.480 e. The number of aliphatic hydroxyl groups excluding tert-OH is 2. The van der Waals surface area contributed by atoms with E-state index < -0.39 is 153 Å². The number of hydrogen-bond donors (Lipinski definition) is 15. The van der Waals surface area contributed by atoms with Crippen LogP contribution in [0.2, 0.25) is 0 Å². The van der Waals surface area contributed by atoms with Crippen LogP contribution in [0.5, 0.6) is 0 Å². The van der Waals surface area contributed by atoms with Crippen LogP contribution in [-0.2, 0) is 57.5 Å². The van der Waals surface area contributed by atoms with Crippen molar-refractivity contribution in [2.75, 3.05) is 32.8 Å². The van der Waals surface area contributed by atoms with Crippen LogP contribution in [0.25, 0.3) is 0 Å². The third-order valence-electron chi connectivity index (χ3n) is 8.50. The number of nitrogens with one attached hydrogen (secondary N) is 9. The molecule has 336 valence electrons. The first-order chi connectivity index (χ1) is 28.2. The van der Waals surface area contributed by atoms with E-state index in [-0.39, 0.29) is 31.7 Å². The van der Waals surface area contributed by atoms with Crippen molar-refractivity contribution in [3.63, 3.8) is 0 Å². The molecule has 27 heteroatoms. The molecule has 1 heterocycles. The molecule has 27 nitrogen and oxygen atoms in total. The normalized spacial score (nSPS) is 16.1. The smallest absolute Gasteiger partial charge is 0.326 e. The zero-order valence-corrected chi connectivity index (χ0v) is 32.7. The summed E-state index contributed by atoms with van der Waals surface area (Å²) in [4.78, 5) is 147. The molecule has 0 bridgehead atoms. The molecule has 0 aromatic carbocycles. The molecule has 0 aliphatic carbocycles. The van der Waals surface area contributed by atoms with Gasteiger partial charge in [-0.2, -0.15) is 0 Å². The van der Waals surface area contributed by atoms with Crippen molar-refractivity contribution in [1.82, 2.24) is 47.9 Å². The third kappa shape index (κ3) is 19.3. The van der Waals surface area contributed by atoms with E-state index in [0.29, 0.717) is 12.8 Å². The van der Waals surface area contributed by atoms with E-state index in [1.54, 1.807) is 0 Å². The van der Waals surface area contributed by atoms with Crippen LogP contribution in [0.3, 0.4) is 0 Å². The van der Waals surface area contributed by atoms with Gasteiger partial charge >= 0.3 is 5.97 Å². The number of carbonyl (C=O) groups excluding carboxylic acids is 11. The Labute approximate surface area is 342 Å². The van der Waals surface area contributed by atoms with Gasteiger partial charge in [0.2, 0.25) is 65.0 Å². The molecule has 1 rings (SSSR count). The Morgan fingerprint density at radius 1 is 0.667 bits per heavy atom. The minimum atomic E-state index is -1.76. The molecule has 1 aliphatic rings. The number of nitrogens with two attached hydrogens (primary N) is 3. The average molecular weight is 859 g/mol. The van der Waals surface area contributed by atoms with Gasteiger partial charge in [-0.05, 0) is 45.6 Å². The molecule has 1 saturated heterocycles. The van der Waals surface area contributed by atoms with Crippen molar-refractivity contribution in [1.29, 1.82) is 0 Å². The Bertz CT molecular complexity index is 1610. The van der Waals surface area contributed by atoms with E-state index in [1.807, 2.05) is 10.6 Å². The number of carboxylic acids is 1. The summed E-state index contributed by atoms with van der Waals surface area (Å²) in [6.07, 6.45) is -0.481. The number of aliphatic carboxylic acids is 1. The molecule has 60 heavy (non-hydrogen) atoms. The predicted molar refractivity (Wildman–Crippen MR) is 201 cm³/mol. The topological polar surface area (TPSA) is 452 Å². The van der Waals surface area contributed by atoms with Crippen LogP contribution in [0.4, 0.5) is 0 Å². The van der Waals surface area contributed by atoms with Crippen LogP contribution in [0.15, 0.2) is 0 Å². The maximum atomic E-state index is 13.3. The van der Waals surface area contributed by atoms with Crippen molar-refractivity contribution in [2.24, 2.45) is 17.2 Å². The van der Waals surface area contributed by atoms with Gasteiger partial charge in [-0.3, -0.25) is 52.7 Å². The molecule has 1 fully saturated rings. The zero-order valence-electron chi connectivity index (χ0n) is 32.7. The van der Waals surface area contributed by atoms with Gasteiger partial charge in [0, 0.05) is 12.8 Å². The molecule has 0 aromatic heterocycles.